The minimum absolute atomic E-state index is 0.0546. The van der Waals surface area contributed by atoms with Gasteiger partial charge in [-0.15, -0.1) is 11.8 Å². The van der Waals surface area contributed by atoms with E-state index >= 15 is 0 Å². The SMILES string of the molecule is Cc1cc(C)cc(NC(=O)COC(=O)c2ccccc2SCC(=O)N(C)C)c1. The van der Waals surface area contributed by atoms with E-state index in [0.29, 0.717) is 16.1 Å². The minimum atomic E-state index is -0.601. The van der Waals surface area contributed by atoms with Crippen LogP contribution in [0.3, 0.4) is 0 Å². The number of carbonyl (C=O) groups is 3. The average Bonchev–Trinajstić information content (AvgIpc) is 2.63. The molecule has 2 rings (SSSR count). The number of thioether (sulfide) groups is 1. The Hall–Kier alpha value is -2.80. The lowest BCUT2D eigenvalue weighted by Crippen LogP contribution is -2.23. The fraction of sp³-hybridized carbons (Fsp3) is 0.286. The molecule has 0 unspecified atom stereocenters. The molecule has 0 saturated carbocycles. The van der Waals surface area contributed by atoms with E-state index in [1.54, 1.807) is 38.4 Å². The summed E-state index contributed by atoms with van der Waals surface area (Å²) in [5.74, 6) is -0.854. The molecule has 0 bridgehead atoms. The van der Waals surface area contributed by atoms with E-state index < -0.39 is 11.9 Å². The predicted molar refractivity (Wildman–Crippen MR) is 111 cm³/mol. The van der Waals surface area contributed by atoms with Gasteiger partial charge in [-0.2, -0.15) is 0 Å². The van der Waals surface area contributed by atoms with Crippen molar-refractivity contribution in [3.63, 3.8) is 0 Å². The van der Waals surface area contributed by atoms with Gasteiger partial charge in [0.1, 0.15) is 0 Å². The largest absolute Gasteiger partial charge is 0.452 e. The zero-order valence-corrected chi connectivity index (χ0v) is 17.3. The third-order valence-corrected chi connectivity index (χ3v) is 4.86. The fourth-order valence-corrected chi connectivity index (χ4v) is 3.50. The summed E-state index contributed by atoms with van der Waals surface area (Å²) < 4.78 is 5.16. The molecule has 0 fully saturated rings. The van der Waals surface area contributed by atoms with Gasteiger partial charge >= 0.3 is 5.97 Å². The Morgan fingerprint density at radius 3 is 2.32 bits per heavy atom. The molecule has 2 aromatic rings. The number of amides is 2. The molecule has 0 saturated heterocycles. The number of hydrogen-bond donors (Lipinski definition) is 1. The molecule has 28 heavy (non-hydrogen) atoms. The Morgan fingerprint density at radius 1 is 1.04 bits per heavy atom. The average molecular weight is 401 g/mol. The molecular formula is C21H24N2O4S. The van der Waals surface area contributed by atoms with Gasteiger partial charge in [0, 0.05) is 24.7 Å². The van der Waals surface area contributed by atoms with Crippen LogP contribution in [0.2, 0.25) is 0 Å². The van der Waals surface area contributed by atoms with E-state index in [-0.39, 0.29) is 18.3 Å². The number of nitrogens with one attached hydrogen (secondary N) is 1. The predicted octanol–water partition coefficient (Wildman–Crippen LogP) is 3.28. The number of esters is 1. The number of hydrogen-bond acceptors (Lipinski definition) is 5. The summed E-state index contributed by atoms with van der Waals surface area (Å²) in [5.41, 5.74) is 3.06. The summed E-state index contributed by atoms with van der Waals surface area (Å²) in [6.45, 7) is 3.50. The smallest absolute Gasteiger partial charge is 0.339 e. The van der Waals surface area contributed by atoms with Crippen LogP contribution in [0.25, 0.3) is 0 Å². The Labute approximate surface area is 169 Å². The molecule has 6 nitrogen and oxygen atoms in total. The van der Waals surface area contributed by atoms with Crippen LogP contribution < -0.4 is 5.32 Å². The van der Waals surface area contributed by atoms with Gasteiger partial charge in [0.05, 0.1) is 11.3 Å². The van der Waals surface area contributed by atoms with Gasteiger partial charge in [-0.1, -0.05) is 18.2 Å². The summed E-state index contributed by atoms with van der Waals surface area (Å²) in [5, 5.41) is 2.73. The highest BCUT2D eigenvalue weighted by molar-refractivity contribution is 8.00. The standard InChI is InChI=1S/C21H24N2O4S/c1-14-9-15(2)11-16(10-14)22-19(24)12-27-21(26)17-7-5-6-8-18(17)28-13-20(25)23(3)4/h5-11H,12-13H2,1-4H3,(H,22,24). The maximum Gasteiger partial charge on any atom is 0.339 e. The van der Waals surface area contributed by atoms with Gasteiger partial charge in [-0.25, -0.2) is 4.79 Å². The van der Waals surface area contributed by atoms with E-state index in [1.165, 1.54) is 16.7 Å². The van der Waals surface area contributed by atoms with Gasteiger partial charge < -0.3 is 15.0 Å². The van der Waals surface area contributed by atoms with Crippen LogP contribution in [0.1, 0.15) is 21.5 Å². The maximum absolute atomic E-state index is 12.4. The van der Waals surface area contributed by atoms with Crippen molar-refractivity contribution in [3.05, 3.63) is 59.2 Å². The molecule has 0 aromatic heterocycles. The normalized spacial score (nSPS) is 10.3. The van der Waals surface area contributed by atoms with Crippen LogP contribution in [0.5, 0.6) is 0 Å². The molecule has 1 N–H and O–H groups in total. The van der Waals surface area contributed by atoms with Crippen molar-refractivity contribution in [1.29, 1.82) is 0 Å². The first kappa shape index (κ1) is 21.5. The molecular weight excluding hydrogens is 376 g/mol. The minimum Gasteiger partial charge on any atom is -0.452 e. The van der Waals surface area contributed by atoms with Crippen LogP contribution in [0.4, 0.5) is 5.69 Å². The molecule has 0 heterocycles. The second-order valence-electron chi connectivity index (χ2n) is 6.57. The van der Waals surface area contributed by atoms with E-state index in [2.05, 4.69) is 5.32 Å². The number of carbonyl (C=O) groups excluding carboxylic acids is 3. The van der Waals surface area contributed by atoms with Gasteiger partial charge in [0.15, 0.2) is 6.61 Å². The fourth-order valence-electron chi connectivity index (χ4n) is 2.48. The summed E-state index contributed by atoms with van der Waals surface area (Å²) in [4.78, 5) is 38.4. The Bertz CT molecular complexity index is 860. The van der Waals surface area contributed by atoms with Crippen molar-refractivity contribution >= 4 is 35.2 Å². The Morgan fingerprint density at radius 2 is 1.68 bits per heavy atom. The molecule has 0 aliphatic rings. The van der Waals surface area contributed by atoms with E-state index in [1.807, 2.05) is 32.0 Å². The van der Waals surface area contributed by atoms with Crippen LogP contribution in [0.15, 0.2) is 47.4 Å². The zero-order chi connectivity index (χ0) is 20.7. The van der Waals surface area contributed by atoms with Crippen molar-refractivity contribution in [2.24, 2.45) is 0 Å². The van der Waals surface area contributed by atoms with E-state index in [0.717, 1.165) is 11.1 Å². The van der Waals surface area contributed by atoms with Crippen molar-refractivity contribution in [3.8, 4) is 0 Å². The lowest BCUT2D eigenvalue weighted by atomic mass is 10.1. The highest BCUT2D eigenvalue weighted by Crippen LogP contribution is 2.23. The molecule has 0 spiro atoms. The van der Waals surface area contributed by atoms with Crippen LogP contribution in [0, 0.1) is 13.8 Å². The topological polar surface area (TPSA) is 75.7 Å². The Balaban J connectivity index is 1.95. The van der Waals surface area contributed by atoms with Crippen molar-refractivity contribution in [1.82, 2.24) is 4.90 Å². The highest BCUT2D eigenvalue weighted by Gasteiger charge is 2.16. The third-order valence-electron chi connectivity index (χ3n) is 3.80. The van der Waals surface area contributed by atoms with Crippen molar-refractivity contribution < 1.29 is 19.1 Å². The quantitative estimate of drug-likeness (QED) is 0.570. The van der Waals surface area contributed by atoms with Gasteiger partial charge in [0.2, 0.25) is 5.91 Å². The van der Waals surface area contributed by atoms with Crippen molar-refractivity contribution in [2.75, 3.05) is 31.8 Å². The summed E-state index contributed by atoms with van der Waals surface area (Å²) >= 11 is 1.26. The number of benzene rings is 2. The molecule has 0 atom stereocenters. The zero-order valence-electron chi connectivity index (χ0n) is 16.4. The molecule has 0 aliphatic heterocycles. The van der Waals surface area contributed by atoms with Crippen molar-refractivity contribution in [2.45, 2.75) is 18.7 Å². The first-order chi connectivity index (χ1) is 13.3. The third kappa shape index (κ3) is 6.42. The van der Waals surface area contributed by atoms with Crippen LogP contribution >= 0.6 is 11.8 Å². The monoisotopic (exact) mass is 400 g/mol. The molecule has 0 aliphatic carbocycles. The molecule has 0 radical (unpaired) electrons. The highest BCUT2D eigenvalue weighted by atomic mass is 32.2. The number of nitrogens with zero attached hydrogens (tertiary/aromatic N) is 1. The van der Waals surface area contributed by atoms with E-state index in [9.17, 15) is 14.4 Å². The van der Waals surface area contributed by atoms with Gasteiger partial charge in [-0.3, -0.25) is 9.59 Å². The van der Waals surface area contributed by atoms with Crippen LogP contribution in [-0.4, -0.2) is 49.1 Å². The van der Waals surface area contributed by atoms with Gasteiger partial charge in [0.25, 0.3) is 5.91 Å². The second kappa shape index (κ2) is 9.94. The van der Waals surface area contributed by atoms with Gasteiger partial charge in [-0.05, 0) is 49.2 Å². The first-order valence-corrected chi connectivity index (χ1v) is 9.72. The summed E-state index contributed by atoms with van der Waals surface area (Å²) in [7, 11) is 3.36. The second-order valence-corrected chi connectivity index (χ2v) is 7.59. The Kier molecular flexibility index (Phi) is 7.63. The number of ether oxygens (including phenoxy) is 1. The van der Waals surface area contributed by atoms with Crippen LogP contribution in [-0.2, 0) is 14.3 Å². The molecule has 148 valence electrons. The molecule has 2 aromatic carbocycles. The van der Waals surface area contributed by atoms with E-state index in [4.69, 9.17) is 4.74 Å². The lowest BCUT2D eigenvalue weighted by Gasteiger charge is -2.12. The molecule has 2 amide bonds. The first-order valence-electron chi connectivity index (χ1n) is 8.73. The number of anilines is 1. The summed E-state index contributed by atoms with van der Waals surface area (Å²) in [6.07, 6.45) is 0. The summed E-state index contributed by atoms with van der Waals surface area (Å²) in [6, 6.07) is 12.6. The lowest BCUT2D eigenvalue weighted by molar-refractivity contribution is -0.125. The molecule has 7 heteroatoms. The maximum atomic E-state index is 12.4. The number of aryl methyl sites for hydroxylation is 2. The number of rotatable bonds is 7.